The van der Waals surface area contributed by atoms with Crippen molar-refractivity contribution in [2.24, 2.45) is 0 Å². The number of aryl methyl sites for hydroxylation is 1. The maximum Gasteiger partial charge on any atom is 0.115 e. The number of allylic oxidation sites excluding steroid dienone is 2. The van der Waals surface area contributed by atoms with Gasteiger partial charge in [0.25, 0.3) is 0 Å². The fourth-order valence-electron chi connectivity index (χ4n) is 1.02. The Labute approximate surface area is 72.7 Å². The van der Waals surface area contributed by atoms with E-state index >= 15 is 0 Å². The minimum Gasteiger partial charge on any atom is -0.508 e. The normalized spacial score (nSPS) is 10.4. The first-order chi connectivity index (χ1) is 5.74. The molecule has 0 saturated carbocycles. The van der Waals surface area contributed by atoms with Gasteiger partial charge >= 0.3 is 0 Å². The lowest BCUT2D eigenvalue weighted by atomic mass is 10.1. The molecular formula is C11H12O. The molecule has 0 aromatic heterocycles. The van der Waals surface area contributed by atoms with Gasteiger partial charge in [-0.1, -0.05) is 30.9 Å². The van der Waals surface area contributed by atoms with Crippen LogP contribution in [-0.2, 0) is 0 Å². The van der Waals surface area contributed by atoms with Gasteiger partial charge in [0.05, 0.1) is 0 Å². The first kappa shape index (κ1) is 8.60. The minimum absolute atomic E-state index is 0.309. The molecule has 1 aromatic carbocycles. The molecule has 0 aliphatic heterocycles. The number of hydrogen-bond donors (Lipinski definition) is 1. The van der Waals surface area contributed by atoms with Crippen molar-refractivity contribution >= 4 is 6.08 Å². The maximum absolute atomic E-state index is 9.12. The molecule has 0 heterocycles. The molecule has 0 fully saturated rings. The lowest BCUT2D eigenvalue weighted by molar-refractivity contribution is 0.475. The average Bonchev–Trinajstić information content (AvgIpc) is 2.03. The van der Waals surface area contributed by atoms with Crippen molar-refractivity contribution in [3.8, 4) is 5.75 Å². The van der Waals surface area contributed by atoms with Crippen LogP contribution in [0.5, 0.6) is 5.75 Å². The van der Waals surface area contributed by atoms with Crippen molar-refractivity contribution in [1.29, 1.82) is 0 Å². The molecule has 1 nitrogen and oxygen atoms in total. The molecule has 1 rings (SSSR count). The molecule has 0 aliphatic rings. The molecule has 0 spiro atoms. The molecule has 62 valence electrons. The summed E-state index contributed by atoms with van der Waals surface area (Å²) in [7, 11) is 0. The van der Waals surface area contributed by atoms with Gasteiger partial charge in [-0.25, -0.2) is 0 Å². The second-order valence-corrected chi connectivity index (χ2v) is 2.64. The molecule has 0 saturated heterocycles. The molecule has 0 aliphatic carbocycles. The Morgan fingerprint density at radius 3 is 2.75 bits per heavy atom. The van der Waals surface area contributed by atoms with Gasteiger partial charge in [-0.15, -0.1) is 0 Å². The molecule has 0 atom stereocenters. The Balaban J connectivity index is 3.01. The average molecular weight is 160 g/mol. The number of aromatic hydroxyl groups is 1. The van der Waals surface area contributed by atoms with E-state index in [1.54, 1.807) is 18.2 Å². The summed E-state index contributed by atoms with van der Waals surface area (Å²) in [6.45, 7) is 5.55. The van der Waals surface area contributed by atoms with Crippen LogP contribution < -0.4 is 0 Å². The van der Waals surface area contributed by atoms with Gasteiger partial charge in [0.15, 0.2) is 0 Å². The summed E-state index contributed by atoms with van der Waals surface area (Å²) < 4.78 is 0. The van der Waals surface area contributed by atoms with E-state index in [9.17, 15) is 0 Å². The molecule has 0 unspecified atom stereocenters. The smallest absolute Gasteiger partial charge is 0.115 e. The summed E-state index contributed by atoms with van der Waals surface area (Å²) in [5.74, 6) is 0.309. The van der Waals surface area contributed by atoms with E-state index in [1.165, 1.54) is 0 Å². The van der Waals surface area contributed by atoms with Crippen LogP contribution in [0.25, 0.3) is 6.08 Å². The second kappa shape index (κ2) is 3.77. The van der Waals surface area contributed by atoms with Gasteiger partial charge in [-0.05, 0) is 30.2 Å². The third kappa shape index (κ3) is 1.99. The van der Waals surface area contributed by atoms with E-state index in [1.807, 2.05) is 25.1 Å². The van der Waals surface area contributed by atoms with Crippen LogP contribution in [0.15, 0.2) is 36.9 Å². The first-order valence-electron chi connectivity index (χ1n) is 3.83. The third-order valence-corrected chi connectivity index (χ3v) is 1.67. The Morgan fingerprint density at radius 1 is 1.42 bits per heavy atom. The van der Waals surface area contributed by atoms with Crippen molar-refractivity contribution in [2.75, 3.05) is 0 Å². The van der Waals surface area contributed by atoms with Crippen molar-refractivity contribution in [3.05, 3.63) is 48.1 Å². The largest absolute Gasteiger partial charge is 0.508 e. The van der Waals surface area contributed by atoms with Crippen molar-refractivity contribution < 1.29 is 5.11 Å². The first-order valence-corrected chi connectivity index (χ1v) is 3.83. The van der Waals surface area contributed by atoms with E-state index in [0.29, 0.717) is 5.75 Å². The van der Waals surface area contributed by atoms with Crippen LogP contribution in [0.1, 0.15) is 11.1 Å². The fourth-order valence-corrected chi connectivity index (χ4v) is 1.02. The standard InChI is InChI=1S/C11H12O/c1-3-4-5-10-6-7-11(12)8-9(10)2/h3-8,12H,1H2,2H3/b5-4-. The Hall–Kier alpha value is -1.50. The van der Waals surface area contributed by atoms with Crippen LogP contribution in [0.2, 0.25) is 0 Å². The van der Waals surface area contributed by atoms with Gasteiger partial charge in [0, 0.05) is 0 Å². The minimum atomic E-state index is 0.309. The van der Waals surface area contributed by atoms with Crippen molar-refractivity contribution in [3.63, 3.8) is 0 Å². The number of rotatable bonds is 2. The SMILES string of the molecule is C=C/C=C\c1ccc(O)cc1C. The van der Waals surface area contributed by atoms with Crippen molar-refractivity contribution in [1.82, 2.24) is 0 Å². The molecule has 1 N–H and O–H groups in total. The molecule has 0 amide bonds. The third-order valence-electron chi connectivity index (χ3n) is 1.67. The van der Waals surface area contributed by atoms with Gasteiger partial charge < -0.3 is 5.11 Å². The molecule has 1 heteroatoms. The quantitative estimate of drug-likeness (QED) is 0.659. The van der Waals surface area contributed by atoms with Gasteiger partial charge in [-0.3, -0.25) is 0 Å². The predicted octanol–water partition coefficient (Wildman–Crippen LogP) is 2.90. The van der Waals surface area contributed by atoms with E-state index < -0.39 is 0 Å². The highest BCUT2D eigenvalue weighted by molar-refractivity contribution is 5.56. The highest BCUT2D eigenvalue weighted by Crippen LogP contribution is 2.16. The number of benzene rings is 1. The zero-order chi connectivity index (χ0) is 8.97. The Kier molecular flexibility index (Phi) is 2.70. The highest BCUT2D eigenvalue weighted by atomic mass is 16.3. The summed E-state index contributed by atoms with van der Waals surface area (Å²) in [5, 5.41) is 9.12. The Bertz CT molecular complexity index is 311. The van der Waals surface area contributed by atoms with Crippen LogP contribution in [-0.4, -0.2) is 5.11 Å². The fraction of sp³-hybridized carbons (Fsp3) is 0.0909. The van der Waals surface area contributed by atoms with E-state index in [-0.39, 0.29) is 0 Å². The van der Waals surface area contributed by atoms with Gasteiger partial charge in [0.1, 0.15) is 5.75 Å². The summed E-state index contributed by atoms with van der Waals surface area (Å²) in [6, 6.07) is 5.29. The van der Waals surface area contributed by atoms with Gasteiger partial charge in [0.2, 0.25) is 0 Å². The monoisotopic (exact) mass is 160 g/mol. The lowest BCUT2D eigenvalue weighted by Gasteiger charge is -1.99. The molecule has 12 heavy (non-hydrogen) atoms. The predicted molar refractivity (Wildman–Crippen MR) is 52.1 cm³/mol. The molecule has 1 aromatic rings. The number of phenolic OH excluding ortho intramolecular Hbond substituents is 1. The van der Waals surface area contributed by atoms with Crippen LogP contribution in [0.3, 0.4) is 0 Å². The van der Waals surface area contributed by atoms with Crippen LogP contribution >= 0.6 is 0 Å². The number of phenols is 1. The van der Waals surface area contributed by atoms with Crippen LogP contribution in [0.4, 0.5) is 0 Å². The Morgan fingerprint density at radius 2 is 2.17 bits per heavy atom. The highest BCUT2D eigenvalue weighted by Gasteiger charge is 1.93. The summed E-state index contributed by atoms with van der Waals surface area (Å²) in [5.41, 5.74) is 2.17. The van der Waals surface area contributed by atoms with E-state index in [4.69, 9.17) is 5.11 Å². The van der Waals surface area contributed by atoms with E-state index in [0.717, 1.165) is 11.1 Å². The molecular weight excluding hydrogens is 148 g/mol. The summed E-state index contributed by atoms with van der Waals surface area (Å²) in [4.78, 5) is 0. The number of hydrogen-bond acceptors (Lipinski definition) is 1. The molecule has 0 bridgehead atoms. The van der Waals surface area contributed by atoms with Crippen molar-refractivity contribution in [2.45, 2.75) is 6.92 Å². The zero-order valence-corrected chi connectivity index (χ0v) is 7.12. The summed E-state index contributed by atoms with van der Waals surface area (Å²) in [6.07, 6.45) is 5.56. The topological polar surface area (TPSA) is 20.2 Å². The van der Waals surface area contributed by atoms with Gasteiger partial charge in [-0.2, -0.15) is 0 Å². The maximum atomic E-state index is 9.12. The summed E-state index contributed by atoms with van der Waals surface area (Å²) >= 11 is 0. The zero-order valence-electron chi connectivity index (χ0n) is 7.12. The lowest BCUT2D eigenvalue weighted by Crippen LogP contribution is -1.78. The van der Waals surface area contributed by atoms with E-state index in [2.05, 4.69) is 6.58 Å². The van der Waals surface area contributed by atoms with Crippen LogP contribution in [0, 0.1) is 6.92 Å². The second-order valence-electron chi connectivity index (χ2n) is 2.64. The molecule has 0 radical (unpaired) electrons.